The van der Waals surface area contributed by atoms with E-state index in [1.807, 2.05) is 0 Å². The van der Waals surface area contributed by atoms with Gasteiger partial charge in [0.05, 0.1) is 30.2 Å². The van der Waals surface area contributed by atoms with Crippen molar-refractivity contribution < 1.29 is 19.1 Å². The van der Waals surface area contributed by atoms with Gasteiger partial charge in [0.25, 0.3) is 5.56 Å². The lowest BCUT2D eigenvalue weighted by Gasteiger charge is -2.20. The van der Waals surface area contributed by atoms with E-state index in [0.717, 1.165) is 11.8 Å². The first kappa shape index (κ1) is 22.4. The molecule has 1 heterocycles. The topological polar surface area (TPSA) is 119 Å². The highest BCUT2D eigenvalue weighted by Gasteiger charge is 2.18. The molecule has 29 heavy (non-hydrogen) atoms. The van der Waals surface area contributed by atoms with Gasteiger partial charge in [-0.05, 0) is 32.9 Å². The Morgan fingerprint density at radius 3 is 2.55 bits per heavy atom. The number of fused-ring (bicyclic) bond motifs is 1. The lowest BCUT2D eigenvalue weighted by Crippen LogP contribution is -2.48. The van der Waals surface area contributed by atoms with Gasteiger partial charge in [-0.3, -0.25) is 24.3 Å². The average molecular weight is 420 g/mol. The number of hydrogen-bond donors (Lipinski definition) is 2. The number of amides is 3. The first-order valence-electron chi connectivity index (χ1n) is 8.92. The number of carbonyl (C=O) groups is 3. The number of ether oxygens (including phenoxy) is 1. The van der Waals surface area contributed by atoms with Gasteiger partial charge in [0, 0.05) is 12.1 Å². The number of methoxy groups -OCH3 is 1. The van der Waals surface area contributed by atoms with Crippen LogP contribution in [0.4, 0.5) is 4.79 Å². The molecule has 0 fully saturated rings. The minimum Gasteiger partial charge on any atom is -0.469 e. The molecule has 0 spiro atoms. The predicted molar refractivity (Wildman–Crippen MR) is 110 cm³/mol. The van der Waals surface area contributed by atoms with Crippen LogP contribution in [0.5, 0.6) is 0 Å². The van der Waals surface area contributed by atoms with Crippen molar-refractivity contribution in [2.45, 2.75) is 44.4 Å². The van der Waals surface area contributed by atoms with Gasteiger partial charge < -0.3 is 10.1 Å². The molecule has 1 aromatic carbocycles. The fraction of sp³-hybridized carbons (Fsp3) is 0.421. The smallest absolute Gasteiger partial charge is 0.321 e. The van der Waals surface area contributed by atoms with Gasteiger partial charge in [0.1, 0.15) is 0 Å². The fourth-order valence-corrected chi connectivity index (χ4v) is 3.25. The van der Waals surface area contributed by atoms with Crippen molar-refractivity contribution in [1.29, 1.82) is 0 Å². The summed E-state index contributed by atoms with van der Waals surface area (Å²) in [7, 11) is 1.27. The maximum Gasteiger partial charge on any atom is 0.321 e. The van der Waals surface area contributed by atoms with Gasteiger partial charge in [-0.1, -0.05) is 23.9 Å². The third-order valence-electron chi connectivity index (χ3n) is 3.67. The van der Waals surface area contributed by atoms with Crippen LogP contribution in [-0.4, -0.2) is 45.9 Å². The van der Waals surface area contributed by atoms with E-state index in [0.29, 0.717) is 10.9 Å². The molecule has 9 nitrogen and oxygen atoms in total. The third kappa shape index (κ3) is 6.60. The average Bonchev–Trinajstić information content (AvgIpc) is 2.64. The summed E-state index contributed by atoms with van der Waals surface area (Å²) in [4.78, 5) is 52.7. The molecule has 0 aliphatic heterocycles. The Hall–Kier alpha value is -2.88. The lowest BCUT2D eigenvalue weighted by atomic mass is 10.1. The summed E-state index contributed by atoms with van der Waals surface area (Å²) in [5, 5.41) is 5.56. The van der Waals surface area contributed by atoms with Crippen LogP contribution in [0.25, 0.3) is 10.9 Å². The van der Waals surface area contributed by atoms with E-state index in [1.54, 1.807) is 45.0 Å². The maximum atomic E-state index is 12.8. The molecule has 3 amide bonds. The lowest BCUT2D eigenvalue weighted by molar-refractivity contribution is -0.140. The summed E-state index contributed by atoms with van der Waals surface area (Å²) in [6.45, 7) is 5.46. The van der Waals surface area contributed by atoms with Crippen molar-refractivity contribution in [3.8, 4) is 0 Å². The van der Waals surface area contributed by atoms with E-state index in [2.05, 4.69) is 20.4 Å². The highest BCUT2D eigenvalue weighted by molar-refractivity contribution is 7.99. The molecule has 1 aromatic heterocycles. The van der Waals surface area contributed by atoms with Crippen LogP contribution < -0.4 is 16.2 Å². The molecule has 2 aromatic rings. The SMILES string of the molecule is COC(=O)CCn1c(SCC(=O)NC(=O)NC(C)(C)C)nc2ccccc2c1=O. The maximum absolute atomic E-state index is 12.8. The van der Waals surface area contributed by atoms with Crippen molar-refractivity contribution in [2.75, 3.05) is 12.9 Å². The Morgan fingerprint density at radius 2 is 1.90 bits per heavy atom. The number of esters is 1. The molecule has 0 saturated carbocycles. The normalized spacial score (nSPS) is 11.2. The second-order valence-electron chi connectivity index (χ2n) is 7.24. The summed E-state index contributed by atoms with van der Waals surface area (Å²) >= 11 is 1.01. The summed E-state index contributed by atoms with van der Waals surface area (Å²) in [5.41, 5.74) is -0.306. The number of urea groups is 1. The molecule has 0 atom stereocenters. The summed E-state index contributed by atoms with van der Waals surface area (Å²) in [5.74, 6) is -1.11. The molecule has 0 radical (unpaired) electrons. The van der Waals surface area contributed by atoms with Crippen molar-refractivity contribution in [1.82, 2.24) is 20.2 Å². The summed E-state index contributed by atoms with van der Waals surface area (Å²) in [6, 6.07) is 6.23. The quantitative estimate of drug-likeness (QED) is 0.414. The molecule has 0 saturated heterocycles. The van der Waals surface area contributed by atoms with Crippen LogP contribution in [-0.2, 0) is 20.9 Å². The minimum absolute atomic E-state index is 0.00975. The van der Waals surface area contributed by atoms with E-state index in [9.17, 15) is 19.2 Å². The standard InChI is InChI=1S/C19H24N4O5S/c1-19(2,3)22-17(27)21-14(24)11-29-18-20-13-8-6-5-7-12(13)16(26)23(18)10-9-15(25)28-4/h5-8H,9-11H2,1-4H3,(H2,21,22,24,27). The van der Waals surface area contributed by atoms with Gasteiger partial charge in [-0.2, -0.15) is 0 Å². The highest BCUT2D eigenvalue weighted by atomic mass is 32.2. The van der Waals surface area contributed by atoms with Crippen LogP contribution in [0.2, 0.25) is 0 Å². The number of imide groups is 1. The van der Waals surface area contributed by atoms with E-state index in [4.69, 9.17) is 0 Å². The van der Waals surface area contributed by atoms with Gasteiger partial charge >= 0.3 is 12.0 Å². The van der Waals surface area contributed by atoms with Crippen LogP contribution in [0.3, 0.4) is 0 Å². The first-order valence-corrected chi connectivity index (χ1v) is 9.90. The number of thioether (sulfide) groups is 1. The van der Waals surface area contributed by atoms with Crippen molar-refractivity contribution in [3.05, 3.63) is 34.6 Å². The monoisotopic (exact) mass is 420 g/mol. The number of nitrogens with one attached hydrogen (secondary N) is 2. The summed E-state index contributed by atoms with van der Waals surface area (Å²) < 4.78 is 5.97. The number of rotatable bonds is 6. The Balaban J connectivity index is 2.19. The fourth-order valence-electron chi connectivity index (χ4n) is 2.42. The Kier molecular flexibility index (Phi) is 7.38. The molecule has 0 aliphatic rings. The van der Waals surface area contributed by atoms with Crippen molar-refractivity contribution in [2.24, 2.45) is 0 Å². The molecule has 0 bridgehead atoms. The van der Waals surface area contributed by atoms with Gasteiger partial charge in [0.2, 0.25) is 5.91 Å². The van der Waals surface area contributed by atoms with E-state index in [-0.39, 0.29) is 29.4 Å². The highest BCUT2D eigenvalue weighted by Crippen LogP contribution is 2.18. The number of para-hydroxylation sites is 1. The number of benzene rings is 1. The van der Waals surface area contributed by atoms with Crippen LogP contribution in [0.1, 0.15) is 27.2 Å². The van der Waals surface area contributed by atoms with E-state index in [1.165, 1.54) is 11.7 Å². The van der Waals surface area contributed by atoms with Gasteiger partial charge in [-0.25, -0.2) is 9.78 Å². The Bertz CT molecular complexity index is 981. The molecule has 2 rings (SSSR count). The summed E-state index contributed by atoms with van der Waals surface area (Å²) in [6.07, 6.45) is -0.00975. The predicted octanol–water partition coefficient (Wildman–Crippen LogP) is 1.68. The minimum atomic E-state index is -0.599. The number of nitrogens with zero attached hydrogens (tertiary/aromatic N) is 2. The van der Waals surface area contributed by atoms with Crippen LogP contribution in [0, 0.1) is 0 Å². The number of aromatic nitrogens is 2. The second kappa shape index (κ2) is 9.55. The molecule has 10 heteroatoms. The Labute approximate surface area is 172 Å². The van der Waals surface area contributed by atoms with E-state index >= 15 is 0 Å². The zero-order valence-corrected chi connectivity index (χ0v) is 17.6. The first-order chi connectivity index (χ1) is 13.6. The Morgan fingerprint density at radius 1 is 1.21 bits per heavy atom. The van der Waals surface area contributed by atoms with Gasteiger partial charge in [-0.15, -0.1) is 0 Å². The zero-order chi connectivity index (χ0) is 21.6. The molecule has 156 valence electrons. The van der Waals surface area contributed by atoms with E-state index < -0.39 is 23.4 Å². The second-order valence-corrected chi connectivity index (χ2v) is 8.18. The molecular weight excluding hydrogens is 396 g/mol. The van der Waals surface area contributed by atoms with Crippen LogP contribution >= 0.6 is 11.8 Å². The van der Waals surface area contributed by atoms with Crippen molar-refractivity contribution in [3.63, 3.8) is 0 Å². The molecule has 2 N–H and O–H groups in total. The van der Waals surface area contributed by atoms with Crippen molar-refractivity contribution >= 4 is 40.6 Å². The molecule has 0 unspecified atom stereocenters. The van der Waals surface area contributed by atoms with Gasteiger partial charge in [0.15, 0.2) is 5.16 Å². The third-order valence-corrected chi connectivity index (χ3v) is 4.64. The number of hydrogen-bond acceptors (Lipinski definition) is 7. The van der Waals surface area contributed by atoms with Crippen LogP contribution in [0.15, 0.2) is 34.2 Å². The largest absolute Gasteiger partial charge is 0.469 e. The number of carbonyl (C=O) groups excluding carboxylic acids is 3. The molecule has 0 aliphatic carbocycles. The zero-order valence-electron chi connectivity index (χ0n) is 16.8. The molecular formula is C19H24N4O5S.